The van der Waals surface area contributed by atoms with E-state index in [2.05, 4.69) is 0 Å². The molecule has 1 aliphatic heterocycles. The maximum atomic E-state index is 13.2. The van der Waals surface area contributed by atoms with Crippen molar-refractivity contribution in [1.82, 2.24) is 0 Å². The summed E-state index contributed by atoms with van der Waals surface area (Å²) < 4.78 is 75.5. The molecule has 0 saturated heterocycles. The minimum atomic E-state index is -4.63. The van der Waals surface area contributed by atoms with Gasteiger partial charge < -0.3 is 4.90 Å². The van der Waals surface area contributed by atoms with Gasteiger partial charge in [-0.2, -0.15) is 13.2 Å². The van der Waals surface area contributed by atoms with Crippen molar-refractivity contribution in [3.05, 3.63) is 77.0 Å². The zero-order valence-electron chi connectivity index (χ0n) is 13.7. The molecule has 1 atom stereocenters. The first-order valence-corrected chi connectivity index (χ1v) is 9.46. The van der Waals surface area contributed by atoms with Crippen molar-refractivity contribution in [3.8, 4) is 0 Å². The second kappa shape index (κ2) is 6.80. The van der Waals surface area contributed by atoms with Gasteiger partial charge >= 0.3 is 6.18 Å². The minimum absolute atomic E-state index is 0.172. The number of carbonyl (C=O) groups excluding carboxylic acids is 1. The first-order valence-electron chi connectivity index (χ1n) is 7.74. The molecule has 2 aromatic rings. The van der Waals surface area contributed by atoms with Crippen molar-refractivity contribution in [3.63, 3.8) is 0 Å². The number of halogens is 4. The highest BCUT2D eigenvalue weighted by atomic mass is 32.2. The number of amides is 1. The molecule has 142 valence electrons. The Morgan fingerprint density at radius 1 is 1.07 bits per heavy atom. The largest absolute Gasteiger partial charge is 0.416 e. The predicted octanol–water partition coefficient (Wildman–Crippen LogP) is 3.80. The molecule has 0 aromatic heterocycles. The second-order valence-electron chi connectivity index (χ2n) is 5.96. The van der Waals surface area contributed by atoms with Crippen LogP contribution >= 0.6 is 0 Å². The van der Waals surface area contributed by atoms with E-state index in [-0.39, 0.29) is 11.3 Å². The molecule has 3 rings (SSSR count). The first kappa shape index (κ1) is 19.1. The molecule has 0 saturated carbocycles. The Kier molecular flexibility index (Phi) is 4.81. The van der Waals surface area contributed by atoms with Crippen LogP contribution in [0.1, 0.15) is 15.9 Å². The van der Waals surface area contributed by atoms with Gasteiger partial charge in [0, 0.05) is 16.7 Å². The van der Waals surface area contributed by atoms with E-state index in [9.17, 15) is 30.8 Å². The lowest BCUT2D eigenvalue weighted by molar-refractivity contribution is -0.137. The van der Waals surface area contributed by atoms with Crippen molar-refractivity contribution in [2.45, 2.75) is 12.2 Å². The average molecular weight is 399 g/mol. The quantitative estimate of drug-likeness (QED) is 0.738. The highest BCUT2D eigenvalue weighted by Crippen LogP contribution is 2.31. The van der Waals surface area contributed by atoms with Gasteiger partial charge in [0.2, 0.25) is 0 Å². The molecular weight excluding hydrogens is 386 g/mol. The molecule has 27 heavy (non-hydrogen) atoms. The maximum absolute atomic E-state index is 13.2. The van der Waals surface area contributed by atoms with Gasteiger partial charge in [0.1, 0.15) is 5.82 Å². The SMILES string of the molecule is O=C(c1cccc(C(F)(F)F)c1)N(c1ccc(F)cc1)C1C=CS(=O)(=O)C1. The van der Waals surface area contributed by atoms with Crippen LogP contribution < -0.4 is 4.90 Å². The van der Waals surface area contributed by atoms with Gasteiger partial charge in [-0.3, -0.25) is 4.79 Å². The van der Waals surface area contributed by atoms with Crippen LogP contribution in [0, 0.1) is 5.82 Å². The van der Waals surface area contributed by atoms with Gasteiger partial charge in [-0.25, -0.2) is 12.8 Å². The number of rotatable bonds is 3. The van der Waals surface area contributed by atoms with Gasteiger partial charge in [0.25, 0.3) is 5.91 Å². The first-order chi connectivity index (χ1) is 12.6. The summed E-state index contributed by atoms with van der Waals surface area (Å²) in [5.41, 5.74) is -1.08. The summed E-state index contributed by atoms with van der Waals surface area (Å²) in [5, 5.41) is 0.952. The molecule has 0 fully saturated rings. The van der Waals surface area contributed by atoms with Gasteiger partial charge in [0.15, 0.2) is 9.84 Å². The smallest absolute Gasteiger partial charge is 0.300 e. The molecule has 4 nitrogen and oxygen atoms in total. The Labute approximate surface area is 152 Å². The van der Waals surface area contributed by atoms with E-state index in [0.29, 0.717) is 6.07 Å². The van der Waals surface area contributed by atoms with E-state index < -0.39 is 45.1 Å². The lowest BCUT2D eigenvalue weighted by Gasteiger charge is -2.28. The highest BCUT2D eigenvalue weighted by Gasteiger charge is 2.34. The Morgan fingerprint density at radius 3 is 2.30 bits per heavy atom. The molecule has 0 N–H and O–H groups in total. The Bertz CT molecular complexity index is 998. The molecule has 0 radical (unpaired) electrons. The van der Waals surface area contributed by atoms with E-state index >= 15 is 0 Å². The fraction of sp³-hybridized carbons (Fsp3) is 0.167. The number of sulfone groups is 1. The van der Waals surface area contributed by atoms with Crippen molar-refractivity contribution in [1.29, 1.82) is 0 Å². The highest BCUT2D eigenvalue weighted by molar-refractivity contribution is 7.94. The van der Waals surface area contributed by atoms with Crippen LogP contribution in [-0.2, 0) is 16.0 Å². The van der Waals surface area contributed by atoms with Crippen molar-refractivity contribution < 1.29 is 30.8 Å². The van der Waals surface area contributed by atoms with E-state index in [1.165, 1.54) is 24.3 Å². The summed E-state index contributed by atoms with van der Waals surface area (Å²) in [5.74, 6) is -1.80. The number of alkyl halides is 3. The summed E-state index contributed by atoms with van der Waals surface area (Å²) >= 11 is 0. The number of carbonyl (C=O) groups is 1. The molecular formula is C18H13F4NO3S. The van der Waals surface area contributed by atoms with E-state index in [4.69, 9.17) is 0 Å². The molecule has 0 spiro atoms. The Balaban J connectivity index is 2.04. The number of hydrogen-bond donors (Lipinski definition) is 0. The number of benzene rings is 2. The zero-order chi connectivity index (χ0) is 19.8. The van der Waals surface area contributed by atoms with Gasteiger partial charge in [-0.05, 0) is 48.5 Å². The second-order valence-corrected chi connectivity index (χ2v) is 7.89. The van der Waals surface area contributed by atoms with Crippen molar-refractivity contribution in [2.24, 2.45) is 0 Å². The van der Waals surface area contributed by atoms with Crippen LogP contribution in [-0.4, -0.2) is 26.1 Å². The summed E-state index contributed by atoms with van der Waals surface area (Å²) in [6.07, 6.45) is -3.35. The van der Waals surface area contributed by atoms with Gasteiger partial charge in [-0.1, -0.05) is 6.07 Å². The van der Waals surface area contributed by atoms with Crippen molar-refractivity contribution in [2.75, 3.05) is 10.7 Å². The topological polar surface area (TPSA) is 54.5 Å². The Hall–Kier alpha value is -2.68. The van der Waals surface area contributed by atoms with Crippen LogP contribution in [0.15, 0.2) is 60.0 Å². The molecule has 1 heterocycles. The lowest BCUT2D eigenvalue weighted by atomic mass is 10.1. The number of nitrogens with zero attached hydrogens (tertiary/aromatic N) is 1. The minimum Gasteiger partial charge on any atom is -0.300 e. The van der Waals surface area contributed by atoms with E-state index in [1.54, 1.807) is 0 Å². The average Bonchev–Trinajstić information content (AvgIpc) is 2.95. The molecule has 9 heteroatoms. The fourth-order valence-corrected chi connectivity index (χ4v) is 4.02. The van der Waals surface area contributed by atoms with Crippen molar-refractivity contribution >= 4 is 21.4 Å². The molecule has 1 amide bonds. The third-order valence-electron chi connectivity index (χ3n) is 4.00. The summed E-state index contributed by atoms with van der Waals surface area (Å²) in [6, 6.07) is 7.61. The summed E-state index contributed by atoms with van der Waals surface area (Å²) in [4.78, 5) is 14.0. The maximum Gasteiger partial charge on any atom is 0.416 e. The third-order valence-corrected chi connectivity index (χ3v) is 5.38. The fourth-order valence-electron chi connectivity index (χ4n) is 2.75. The van der Waals surface area contributed by atoms with Gasteiger partial charge in [-0.15, -0.1) is 0 Å². The molecule has 0 aliphatic carbocycles. The van der Waals surface area contributed by atoms with Crippen LogP contribution in [0.3, 0.4) is 0 Å². The van der Waals surface area contributed by atoms with Crippen LogP contribution in [0.25, 0.3) is 0 Å². The molecule has 0 bridgehead atoms. The number of anilines is 1. The van der Waals surface area contributed by atoms with Crippen LogP contribution in [0.4, 0.5) is 23.2 Å². The van der Waals surface area contributed by atoms with E-state index in [0.717, 1.165) is 34.6 Å². The van der Waals surface area contributed by atoms with Crippen LogP contribution in [0.2, 0.25) is 0 Å². The standard InChI is InChI=1S/C18H13F4NO3S/c19-14-4-6-15(7-5-14)23(16-8-9-27(25,26)11-16)17(24)12-2-1-3-13(10-12)18(20,21)22/h1-10,16H,11H2. The number of hydrogen-bond acceptors (Lipinski definition) is 3. The third kappa shape index (κ3) is 4.19. The van der Waals surface area contributed by atoms with Crippen LogP contribution in [0.5, 0.6) is 0 Å². The molecule has 1 aliphatic rings. The predicted molar refractivity (Wildman–Crippen MR) is 91.4 cm³/mol. The summed E-state index contributed by atoms with van der Waals surface area (Å²) in [7, 11) is -3.53. The Morgan fingerprint density at radius 2 is 1.74 bits per heavy atom. The van der Waals surface area contributed by atoms with Gasteiger partial charge in [0.05, 0.1) is 17.4 Å². The van der Waals surface area contributed by atoms with E-state index in [1.807, 2.05) is 0 Å². The molecule has 2 aromatic carbocycles. The summed E-state index contributed by atoms with van der Waals surface area (Å²) in [6.45, 7) is 0. The normalized spacial score (nSPS) is 18.4. The monoisotopic (exact) mass is 399 g/mol. The zero-order valence-corrected chi connectivity index (χ0v) is 14.5. The molecule has 1 unspecified atom stereocenters. The lowest BCUT2D eigenvalue weighted by Crippen LogP contribution is -2.41.